The summed E-state index contributed by atoms with van der Waals surface area (Å²) in [4.78, 5) is 10.6. The van der Waals surface area contributed by atoms with E-state index in [1.807, 2.05) is 12.1 Å². The first kappa shape index (κ1) is 15.3. The summed E-state index contributed by atoms with van der Waals surface area (Å²) in [5.74, 6) is -0.249. The van der Waals surface area contributed by atoms with E-state index in [9.17, 15) is 4.79 Å². The number of rotatable bonds is 3. The van der Waals surface area contributed by atoms with Gasteiger partial charge in [-0.3, -0.25) is 4.79 Å². The fourth-order valence-electron chi connectivity index (χ4n) is 2.60. The Bertz CT molecular complexity index is 412. The van der Waals surface area contributed by atoms with Crippen molar-refractivity contribution in [3.8, 4) is 0 Å². The normalized spacial score (nSPS) is 16.1. The van der Waals surface area contributed by atoms with Crippen LogP contribution in [-0.4, -0.2) is 11.1 Å². The molecule has 1 aromatic carbocycles. The highest BCUT2D eigenvalue weighted by Gasteiger charge is 2.18. The highest BCUT2D eigenvalue weighted by Crippen LogP contribution is 2.36. The molecule has 2 rings (SSSR count). The van der Waals surface area contributed by atoms with E-state index >= 15 is 0 Å². The van der Waals surface area contributed by atoms with Crippen molar-refractivity contribution in [3.05, 3.63) is 34.3 Å². The van der Waals surface area contributed by atoms with E-state index in [2.05, 4.69) is 0 Å². The molecule has 0 amide bonds. The van der Waals surface area contributed by atoms with Gasteiger partial charge in [0.1, 0.15) is 0 Å². The number of carboxylic acids is 1. The molecule has 1 fully saturated rings. The molecular weight excluding hydrogens is 271 g/mol. The molecule has 1 aromatic rings. The van der Waals surface area contributed by atoms with Gasteiger partial charge in [0, 0.05) is 5.02 Å². The van der Waals surface area contributed by atoms with Crippen LogP contribution in [0.4, 0.5) is 0 Å². The lowest BCUT2D eigenvalue weighted by Gasteiger charge is -2.23. The molecule has 0 atom stereocenters. The summed E-state index contributed by atoms with van der Waals surface area (Å²) < 4.78 is 0. The van der Waals surface area contributed by atoms with Gasteiger partial charge in [-0.2, -0.15) is 0 Å². The Morgan fingerprint density at radius 3 is 2.50 bits per heavy atom. The summed E-state index contributed by atoms with van der Waals surface area (Å²) in [6.07, 6.45) is 6.33. The van der Waals surface area contributed by atoms with E-state index in [0.29, 0.717) is 5.92 Å². The zero-order valence-corrected chi connectivity index (χ0v) is 11.8. The fraction of sp³-hybridized carbons (Fsp3) is 0.500. The third-order valence-corrected chi connectivity index (χ3v) is 3.79. The summed E-state index contributed by atoms with van der Waals surface area (Å²) in [5, 5.41) is 9.46. The van der Waals surface area contributed by atoms with E-state index in [1.54, 1.807) is 6.07 Å². The van der Waals surface area contributed by atoms with Crippen LogP contribution < -0.4 is 0 Å². The maximum Gasteiger partial charge on any atom is 0.307 e. The van der Waals surface area contributed by atoms with Crippen molar-refractivity contribution in [2.24, 2.45) is 0 Å². The van der Waals surface area contributed by atoms with Crippen molar-refractivity contribution >= 4 is 30.0 Å². The van der Waals surface area contributed by atoms with Crippen LogP contribution in [0.2, 0.25) is 5.02 Å². The standard InChI is InChI=1S/C14H17ClO2.ClH/c15-13-8-10(9-14(16)17)6-7-12(13)11-4-2-1-3-5-11;/h6-8,11H,1-5,9H2,(H,16,17);1H. The summed E-state index contributed by atoms with van der Waals surface area (Å²) in [5.41, 5.74) is 1.97. The number of carboxylic acid groups (broad SMARTS) is 1. The third-order valence-electron chi connectivity index (χ3n) is 3.47. The SMILES string of the molecule is Cl.O=C(O)Cc1ccc(C2CCCCC2)c(Cl)c1. The van der Waals surface area contributed by atoms with Crippen LogP contribution in [0.1, 0.15) is 49.1 Å². The maximum atomic E-state index is 10.6. The number of hydrogen-bond donors (Lipinski definition) is 1. The Labute approximate surface area is 119 Å². The minimum absolute atomic E-state index is 0. The van der Waals surface area contributed by atoms with Gasteiger partial charge in [0.05, 0.1) is 6.42 Å². The highest BCUT2D eigenvalue weighted by molar-refractivity contribution is 6.31. The van der Waals surface area contributed by atoms with E-state index in [4.69, 9.17) is 16.7 Å². The van der Waals surface area contributed by atoms with Crippen LogP contribution >= 0.6 is 24.0 Å². The van der Waals surface area contributed by atoms with Gasteiger partial charge in [-0.05, 0) is 36.0 Å². The summed E-state index contributed by atoms with van der Waals surface area (Å²) in [6, 6.07) is 5.71. The molecule has 0 unspecified atom stereocenters. The summed E-state index contributed by atoms with van der Waals surface area (Å²) in [6.45, 7) is 0. The van der Waals surface area contributed by atoms with Crippen LogP contribution in [0.15, 0.2) is 18.2 Å². The average Bonchev–Trinajstić information content (AvgIpc) is 2.29. The molecule has 18 heavy (non-hydrogen) atoms. The molecule has 0 bridgehead atoms. The minimum Gasteiger partial charge on any atom is -0.481 e. The van der Waals surface area contributed by atoms with E-state index < -0.39 is 5.97 Å². The molecule has 0 radical (unpaired) electrons. The predicted octanol–water partition coefficient (Wildman–Crippen LogP) is 4.44. The second-order valence-corrected chi connectivity index (χ2v) is 5.17. The van der Waals surface area contributed by atoms with Gasteiger partial charge in [0.15, 0.2) is 0 Å². The van der Waals surface area contributed by atoms with Crippen molar-refractivity contribution in [1.82, 2.24) is 0 Å². The molecule has 0 aliphatic heterocycles. The number of halogens is 2. The predicted molar refractivity (Wildman–Crippen MR) is 75.9 cm³/mol. The number of carbonyl (C=O) groups is 1. The molecule has 0 heterocycles. The number of benzene rings is 1. The second-order valence-electron chi connectivity index (χ2n) is 4.76. The molecule has 100 valence electrons. The monoisotopic (exact) mass is 288 g/mol. The Hall–Kier alpha value is -0.730. The van der Waals surface area contributed by atoms with E-state index in [1.165, 1.54) is 37.7 Å². The first-order valence-electron chi connectivity index (χ1n) is 6.17. The van der Waals surface area contributed by atoms with Gasteiger partial charge < -0.3 is 5.11 Å². The summed E-state index contributed by atoms with van der Waals surface area (Å²) >= 11 is 6.25. The van der Waals surface area contributed by atoms with Crippen LogP contribution in [-0.2, 0) is 11.2 Å². The van der Waals surface area contributed by atoms with Gasteiger partial charge in [0.25, 0.3) is 0 Å². The van der Waals surface area contributed by atoms with Crippen molar-refractivity contribution in [3.63, 3.8) is 0 Å². The minimum atomic E-state index is -0.813. The van der Waals surface area contributed by atoms with Crippen molar-refractivity contribution < 1.29 is 9.90 Å². The quantitative estimate of drug-likeness (QED) is 0.893. The topological polar surface area (TPSA) is 37.3 Å². The van der Waals surface area contributed by atoms with Crippen LogP contribution in [0.3, 0.4) is 0 Å². The molecule has 0 saturated heterocycles. The first-order chi connectivity index (χ1) is 8.16. The molecular formula is C14H18Cl2O2. The zero-order valence-electron chi connectivity index (χ0n) is 10.2. The Morgan fingerprint density at radius 1 is 1.28 bits per heavy atom. The molecule has 4 heteroatoms. The van der Waals surface area contributed by atoms with E-state index in [-0.39, 0.29) is 18.8 Å². The molecule has 1 N–H and O–H groups in total. The lowest BCUT2D eigenvalue weighted by atomic mass is 9.84. The van der Waals surface area contributed by atoms with Crippen LogP contribution in [0, 0.1) is 0 Å². The lowest BCUT2D eigenvalue weighted by Crippen LogP contribution is -2.06. The summed E-state index contributed by atoms with van der Waals surface area (Å²) in [7, 11) is 0. The van der Waals surface area contributed by atoms with Gasteiger partial charge in [0.2, 0.25) is 0 Å². The Morgan fingerprint density at radius 2 is 1.94 bits per heavy atom. The molecule has 0 spiro atoms. The van der Waals surface area contributed by atoms with Gasteiger partial charge in [-0.1, -0.05) is 43.0 Å². The fourth-order valence-corrected chi connectivity index (χ4v) is 2.96. The Balaban J connectivity index is 0.00000162. The molecule has 1 aliphatic carbocycles. The Kier molecular flexibility index (Phi) is 5.97. The second kappa shape index (κ2) is 7.01. The molecule has 2 nitrogen and oxygen atoms in total. The maximum absolute atomic E-state index is 10.6. The van der Waals surface area contributed by atoms with Crippen LogP contribution in [0.5, 0.6) is 0 Å². The molecule has 1 saturated carbocycles. The van der Waals surface area contributed by atoms with Gasteiger partial charge in [-0.15, -0.1) is 12.4 Å². The van der Waals surface area contributed by atoms with Crippen molar-refractivity contribution in [2.75, 3.05) is 0 Å². The van der Waals surface area contributed by atoms with Crippen LogP contribution in [0.25, 0.3) is 0 Å². The zero-order chi connectivity index (χ0) is 12.3. The van der Waals surface area contributed by atoms with Gasteiger partial charge in [-0.25, -0.2) is 0 Å². The van der Waals surface area contributed by atoms with E-state index in [0.717, 1.165) is 10.6 Å². The van der Waals surface area contributed by atoms with Crippen molar-refractivity contribution in [2.45, 2.75) is 44.4 Å². The molecule has 0 aromatic heterocycles. The number of aliphatic carboxylic acids is 1. The number of hydrogen-bond acceptors (Lipinski definition) is 1. The third kappa shape index (κ3) is 3.89. The highest BCUT2D eigenvalue weighted by atomic mass is 35.5. The van der Waals surface area contributed by atoms with Gasteiger partial charge >= 0.3 is 5.97 Å². The first-order valence-corrected chi connectivity index (χ1v) is 6.54. The average molecular weight is 289 g/mol. The largest absolute Gasteiger partial charge is 0.481 e. The van der Waals surface area contributed by atoms with Crippen molar-refractivity contribution in [1.29, 1.82) is 0 Å². The smallest absolute Gasteiger partial charge is 0.307 e. The molecule has 1 aliphatic rings. The lowest BCUT2D eigenvalue weighted by molar-refractivity contribution is -0.136.